The minimum absolute atomic E-state index is 0.0223. The van der Waals surface area contributed by atoms with E-state index in [1.54, 1.807) is 0 Å². The summed E-state index contributed by atoms with van der Waals surface area (Å²) in [6.45, 7) is 6.75. The monoisotopic (exact) mass is 274 g/mol. The molecule has 1 heterocycles. The molecule has 0 aliphatic carbocycles. The molecule has 0 saturated carbocycles. The highest BCUT2D eigenvalue weighted by Gasteiger charge is 2.34. The molecule has 0 aromatic rings. The summed E-state index contributed by atoms with van der Waals surface area (Å²) in [6.07, 6.45) is 1.25. The first kappa shape index (κ1) is 15.4. The fourth-order valence-corrected chi connectivity index (χ4v) is 3.19. The lowest BCUT2D eigenvalue weighted by Gasteiger charge is -2.34. The van der Waals surface area contributed by atoms with Crippen molar-refractivity contribution >= 4 is 10.0 Å². The minimum atomic E-state index is -3.24. The molecule has 0 aromatic heterocycles. The van der Waals surface area contributed by atoms with Gasteiger partial charge in [0.25, 0.3) is 0 Å². The lowest BCUT2D eigenvalue weighted by Crippen LogP contribution is -2.43. The average molecular weight is 274 g/mol. The number of ether oxygens (including phenoxy) is 1. The topological polar surface area (TPSA) is 70.4 Å². The lowest BCUT2D eigenvalue weighted by atomic mass is 9.83. The highest BCUT2D eigenvalue weighted by molar-refractivity contribution is 7.89. The Kier molecular flexibility index (Phi) is 5.14. The van der Waals surface area contributed by atoms with Gasteiger partial charge in [0.15, 0.2) is 0 Å². The molecule has 6 heteroatoms. The van der Waals surface area contributed by atoms with Gasteiger partial charge in [-0.25, -0.2) is 12.7 Å². The van der Waals surface area contributed by atoms with Crippen molar-refractivity contribution in [1.29, 1.82) is 5.26 Å². The first-order chi connectivity index (χ1) is 8.29. The van der Waals surface area contributed by atoms with Crippen LogP contribution in [-0.2, 0) is 14.8 Å². The summed E-state index contributed by atoms with van der Waals surface area (Å²) in [4.78, 5) is 0. The first-order valence-corrected chi connectivity index (χ1v) is 7.91. The molecule has 1 saturated heterocycles. The average Bonchev–Trinajstić information content (AvgIpc) is 2.29. The second kappa shape index (κ2) is 6.00. The van der Waals surface area contributed by atoms with E-state index < -0.39 is 10.0 Å². The van der Waals surface area contributed by atoms with Crippen LogP contribution in [0.15, 0.2) is 0 Å². The number of piperidine rings is 1. The van der Waals surface area contributed by atoms with E-state index in [-0.39, 0.29) is 23.9 Å². The molecule has 0 bridgehead atoms. The Morgan fingerprint density at radius 1 is 1.39 bits per heavy atom. The van der Waals surface area contributed by atoms with Crippen LogP contribution in [0.2, 0.25) is 0 Å². The SMILES string of the molecule is CC(C)OCCS(=O)(=O)N1CCC(C)(C#N)CC1. The molecule has 0 N–H and O–H groups in total. The largest absolute Gasteiger partial charge is 0.378 e. The van der Waals surface area contributed by atoms with Crippen LogP contribution in [0.4, 0.5) is 0 Å². The van der Waals surface area contributed by atoms with Gasteiger partial charge in [0.2, 0.25) is 10.0 Å². The van der Waals surface area contributed by atoms with Crippen molar-refractivity contribution in [1.82, 2.24) is 4.31 Å². The molecule has 18 heavy (non-hydrogen) atoms. The molecule has 0 unspecified atom stereocenters. The van der Waals surface area contributed by atoms with Gasteiger partial charge in [-0.2, -0.15) is 5.26 Å². The Labute approximate surface area is 110 Å². The molecular formula is C12H22N2O3S. The number of nitriles is 1. The summed E-state index contributed by atoms with van der Waals surface area (Å²) >= 11 is 0. The van der Waals surface area contributed by atoms with Crippen LogP contribution < -0.4 is 0 Å². The highest BCUT2D eigenvalue weighted by atomic mass is 32.2. The van der Waals surface area contributed by atoms with E-state index in [9.17, 15) is 8.42 Å². The molecule has 1 rings (SSSR count). The molecule has 1 fully saturated rings. The second-order valence-corrected chi connectivity index (χ2v) is 7.40. The van der Waals surface area contributed by atoms with Gasteiger partial charge in [-0.3, -0.25) is 0 Å². The molecule has 0 radical (unpaired) electrons. The molecule has 0 atom stereocenters. The molecule has 104 valence electrons. The zero-order valence-corrected chi connectivity index (χ0v) is 12.2. The number of sulfonamides is 1. The van der Waals surface area contributed by atoms with Crippen molar-refractivity contribution in [3.05, 3.63) is 0 Å². The van der Waals surface area contributed by atoms with Gasteiger partial charge in [-0.15, -0.1) is 0 Å². The van der Waals surface area contributed by atoms with Gasteiger partial charge < -0.3 is 4.74 Å². The maximum atomic E-state index is 12.0. The van der Waals surface area contributed by atoms with Crippen molar-refractivity contribution in [2.45, 2.75) is 39.7 Å². The van der Waals surface area contributed by atoms with Crippen molar-refractivity contribution in [2.75, 3.05) is 25.4 Å². The summed E-state index contributed by atoms with van der Waals surface area (Å²) in [5, 5.41) is 9.00. The third-order valence-electron chi connectivity index (χ3n) is 3.28. The summed E-state index contributed by atoms with van der Waals surface area (Å²) in [5.41, 5.74) is -0.375. The minimum Gasteiger partial charge on any atom is -0.378 e. The number of hydrogen-bond acceptors (Lipinski definition) is 4. The van der Waals surface area contributed by atoms with E-state index in [0.29, 0.717) is 25.9 Å². The van der Waals surface area contributed by atoms with Crippen LogP contribution in [-0.4, -0.2) is 44.3 Å². The van der Waals surface area contributed by atoms with Crippen LogP contribution in [0.3, 0.4) is 0 Å². The van der Waals surface area contributed by atoms with Crippen LogP contribution in [0.1, 0.15) is 33.6 Å². The Hall–Kier alpha value is -0.640. The van der Waals surface area contributed by atoms with Gasteiger partial charge in [-0.05, 0) is 33.6 Å². The third-order valence-corrected chi connectivity index (χ3v) is 5.12. The van der Waals surface area contributed by atoms with Crippen LogP contribution >= 0.6 is 0 Å². The summed E-state index contributed by atoms with van der Waals surface area (Å²) in [5.74, 6) is 0.0223. The normalized spacial score (nSPS) is 20.8. The molecule has 0 aromatic carbocycles. The van der Waals surface area contributed by atoms with Crippen LogP contribution in [0.5, 0.6) is 0 Å². The molecule has 0 spiro atoms. The Balaban J connectivity index is 2.49. The Morgan fingerprint density at radius 2 is 1.94 bits per heavy atom. The van der Waals surface area contributed by atoms with Crippen LogP contribution in [0.25, 0.3) is 0 Å². The molecule has 0 amide bonds. The quantitative estimate of drug-likeness (QED) is 0.759. The number of nitrogens with zero attached hydrogens (tertiary/aromatic N) is 2. The lowest BCUT2D eigenvalue weighted by molar-refractivity contribution is 0.0904. The molecule has 5 nitrogen and oxygen atoms in total. The summed E-state index contributed by atoms with van der Waals surface area (Å²) < 4.78 is 30.8. The van der Waals surface area contributed by atoms with E-state index in [1.165, 1.54) is 4.31 Å². The predicted octanol–water partition coefficient (Wildman–Crippen LogP) is 1.37. The Morgan fingerprint density at radius 3 is 2.39 bits per heavy atom. The van der Waals surface area contributed by atoms with Crippen LogP contribution in [0, 0.1) is 16.7 Å². The zero-order chi connectivity index (χ0) is 13.8. The smallest absolute Gasteiger partial charge is 0.216 e. The highest BCUT2D eigenvalue weighted by Crippen LogP contribution is 2.30. The molecular weight excluding hydrogens is 252 g/mol. The fourth-order valence-electron chi connectivity index (χ4n) is 1.89. The predicted molar refractivity (Wildman–Crippen MR) is 69.4 cm³/mol. The summed E-state index contributed by atoms with van der Waals surface area (Å²) in [7, 11) is -3.24. The van der Waals surface area contributed by atoms with E-state index in [0.717, 1.165) is 0 Å². The zero-order valence-electron chi connectivity index (χ0n) is 11.3. The molecule has 1 aliphatic rings. The number of hydrogen-bond donors (Lipinski definition) is 0. The van der Waals surface area contributed by atoms with Crippen molar-refractivity contribution in [3.63, 3.8) is 0 Å². The van der Waals surface area contributed by atoms with E-state index in [4.69, 9.17) is 10.00 Å². The fraction of sp³-hybridized carbons (Fsp3) is 0.917. The van der Waals surface area contributed by atoms with Gasteiger partial charge in [0.05, 0.1) is 29.9 Å². The van der Waals surface area contributed by atoms with Gasteiger partial charge >= 0.3 is 0 Å². The first-order valence-electron chi connectivity index (χ1n) is 6.30. The molecule has 1 aliphatic heterocycles. The van der Waals surface area contributed by atoms with Crippen molar-refractivity contribution < 1.29 is 13.2 Å². The van der Waals surface area contributed by atoms with E-state index >= 15 is 0 Å². The Bertz CT molecular complexity index is 404. The maximum absolute atomic E-state index is 12.0. The van der Waals surface area contributed by atoms with Crippen molar-refractivity contribution in [3.8, 4) is 6.07 Å². The van der Waals surface area contributed by atoms with E-state index in [2.05, 4.69) is 6.07 Å². The standard InChI is InChI=1S/C12H22N2O3S/c1-11(2)17-8-9-18(15,16)14-6-4-12(3,10-13)5-7-14/h11H,4-9H2,1-3H3. The maximum Gasteiger partial charge on any atom is 0.216 e. The van der Waals surface area contributed by atoms with Gasteiger partial charge in [0.1, 0.15) is 0 Å². The van der Waals surface area contributed by atoms with Gasteiger partial charge in [0, 0.05) is 13.1 Å². The summed E-state index contributed by atoms with van der Waals surface area (Å²) in [6, 6.07) is 2.26. The van der Waals surface area contributed by atoms with Crippen molar-refractivity contribution in [2.24, 2.45) is 5.41 Å². The third kappa shape index (κ3) is 4.23. The van der Waals surface area contributed by atoms with E-state index in [1.807, 2.05) is 20.8 Å². The second-order valence-electron chi connectivity index (χ2n) is 5.31. The van der Waals surface area contributed by atoms with Gasteiger partial charge in [-0.1, -0.05) is 0 Å². The number of rotatable bonds is 5.